The van der Waals surface area contributed by atoms with Crippen molar-refractivity contribution in [1.29, 1.82) is 0 Å². The van der Waals surface area contributed by atoms with Crippen LogP contribution in [0.1, 0.15) is 29.5 Å². The number of nitrogens with zero attached hydrogens (tertiary/aromatic N) is 1. The van der Waals surface area contributed by atoms with E-state index >= 15 is 0 Å². The Kier molecular flexibility index (Phi) is 3.42. The Hall–Kier alpha value is -0.820. The lowest BCUT2D eigenvalue weighted by molar-refractivity contribution is 0.246. The number of piperidine rings is 1. The smallest absolute Gasteiger partial charge is 0.0233 e. The number of likely N-dealkylation sites (tertiary alicyclic amines) is 1. The van der Waals surface area contributed by atoms with E-state index in [-0.39, 0.29) is 0 Å². The maximum atomic E-state index is 2.55. The highest BCUT2D eigenvalue weighted by Gasteiger charge is 2.10. The Balaban J connectivity index is 2.00. The molecule has 81 valence electrons. The van der Waals surface area contributed by atoms with Crippen LogP contribution >= 0.6 is 0 Å². The molecule has 1 radical (unpaired) electrons. The van der Waals surface area contributed by atoms with Gasteiger partial charge in [-0.2, -0.15) is 0 Å². The van der Waals surface area contributed by atoms with Gasteiger partial charge in [0, 0.05) is 6.54 Å². The van der Waals surface area contributed by atoms with Crippen molar-refractivity contribution in [3.63, 3.8) is 0 Å². The minimum absolute atomic E-state index is 1.12. The quantitative estimate of drug-likeness (QED) is 0.712. The van der Waals surface area contributed by atoms with Gasteiger partial charge in [-0.25, -0.2) is 0 Å². The molecule has 0 bridgehead atoms. The highest BCUT2D eigenvalue weighted by Crippen LogP contribution is 2.15. The first kappa shape index (κ1) is 10.7. The second kappa shape index (κ2) is 4.80. The second-order valence-electron chi connectivity index (χ2n) is 4.56. The molecule has 1 aromatic carbocycles. The number of rotatable bonds is 2. The molecular formula is C14H20N. The highest BCUT2D eigenvalue weighted by atomic mass is 15.1. The molecule has 0 N–H and O–H groups in total. The molecular weight excluding hydrogens is 182 g/mol. The Morgan fingerprint density at radius 1 is 1.07 bits per heavy atom. The molecule has 1 aliphatic rings. The molecule has 0 unspecified atom stereocenters. The summed E-state index contributed by atoms with van der Waals surface area (Å²) in [7, 11) is 0. The first-order valence-electron chi connectivity index (χ1n) is 5.86. The van der Waals surface area contributed by atoms with Gasteiger partial charge in [-0.3, -0.25) is 4.90 Å². The number of aryl methyl sites for hydroxylation is 2. The van der Waals surface area contributed by atoms with Crippen LogP contribution in [-0.2, 0) is 6.54 Å². The Morgan fingerprint density at radius 2 is 1.80 bits per heavy atom. The van der Waals surface area contributed by atoms with E-state index < -0.39 is 0 Å². The topological polar surface area (TPSA) is 3.24 Å². The third-order valence-corrected chi connectivity index (χ3v) is 3.28. The lowest BCUT2D eigenvalue weighted by Gasteiger charge is -2.26. The van der Waals surface area contributed by atoms with Crippen LogP contribution in [0.4, 0.5) is 0 Å². The van der Waals surface area contributed by atoms with Gasteiger partial charge in [0.05, 0.1) is 0 Å². The van der Waals surface area contributed by atoms with E-state index in [1.165, 1.54) is 42.6 Å². The molecule has 1 aliphatic heterocycles. The summed E-state index contributed by atoms with van der Waals surface area (Å²) >= 11 is 0. The predicted octanol–water partition coefficient (Wildman–Crippen LogP) is 3.10. The zero-order valence-electron chi connectivity index (χ0n) is 9.79. The monoisotopic (exact) mass is 202 g/mol. The van der Waals surface area contributed by atoms with Crippen molar-refractivity contribution >= 4 is 0 Å². The molecule has 1 aromatic rings. The Morgan fingerprint density at radius 3 is 2.47 bits per heavy atom. The van der Waals surface area contributed by atoms with E-state index in [0.29, 0.717) is 0 Å². The Bertz CT molecular complexity index is 324. The lowest BCUT2D eigenvalue weighted by atomic mass is 10.0. The number of hydrogen-bond donors (Lipinski definition) is 0. The van der Waals surface area contributed by atoms with Crippen molar-refractivity contribution in [2.75, 3.05) is 13.1 Å². The van der Waals surface area contributed by atoms with Gasteiger partial charge in [0.1, 0.15) is 0 Å². The molecule has 0 atom stereocenters. The first-order chi connectivity index (χ1) is 7.25. The van der Waals surface area contributed by atoms with Crippen LogP contribution in [0.25, 0.3) is 0 Å². The third kappa shape index (κ3) is 2.82. The van der Waals surface area contributed by atoms with Crippen molar-refractivity contribution < 1.29 is 0 Å². The minimum atomic E-state index is 1.12. The summed E-state index contributed by atoms with van der Waals surface area (Å²) in [5.41, 5.74) is 4.27. The van der Waals surface area contributed by atoms with Crippen LogP contribution in [0.2, 0.25) is 0 Å². The average Bonchev–Trinajstić information content (AvgIpc) is 2.25. The van der Waals surface area contributed by atoms with Gasteiger partial charge in [0.2, 0.25) is 0 Å². The molecule has 1 nitrogen and oxygen atoms in total. The summed E-state index contributed by atoms with van der Waals surface area (Å²) in [5, 5.41) is 0. The zero-order chi connectivity index (χ0) is 10.7. The maximum Gasteiger partial charge on any atom is 0.0233 e. The van der Waals surface area contributed by atoms with E-state index in [9.17, 15) is 0 Å². The van der Waals surface area contributed by atoms with Crippen molar-refractivity contribution in [3.05, 3.63) is 41.3 Å². The van der Waals surface area contributed by atoms with Crippen LogP contribution in [0.5, 0.6) is 0 Å². The molecule has 0 saturated carbocycles. The van der Waals surface area contributed by atoms with Gasteiger partial charge in [0.15, 0.2) is 0 Å². The number of hydrogen-bond acceptors (Lipinski definition) is 1. The van der Waals surface area contributed by atoms with Crippen LogP contribution < -0.4 is 0 Å². The summed E-state index contributed by atoms with van der Waals surface area (Å²) in [4.78, 5) is 2.55. The summed E-state index contributed by atoms with van der Waals surface area (Å²) < 4.78 is 0. The standard InChI is InChI=1S/C14H20N/c1-12-6-7-14(10-13(12)2)11-15-8-4-3-5-9-15/h3,6-7,10H,4-5,8-9,11H2,1-2H3. The van der Waals surface area contributed by atoms with E-state index in [1.54, 1.807) is 0 Å². The summed E-state index contributed by atoms with van der Waals surface area (Å²) in [5.74, 6) is 0. The summed E-state index contributed by atoms with van der Waals surface area (Å²) in [6, 6.07) is 6.83. The van der Waals surface area contributed by atoms with Crippen molar-refractivity contribution in [3.8, 4) is 0 Å². The van der Waals surface area contributed by atoms with Crippen molar-refractivity contribution in [1.82, 2.24) is 4.90 Å². The van der Waals surface area contributed by atoms with E-state index in [1.807, 2.05) is 0 Å². The normalized spacial score (nSPS) is 18.0. The third-order valence-electron chi connectivity index (χ3n) is 3.28. The van der Waals surface area contributed by atoms with E-state index in [4.69, 9.17) is 0 Å². The van der Waals surface area contributed by atoms with Crippen LogP contribution in [0.15, 0.2) is 18.2 Å². The number of benzene rings is 1. The fourth-order valence-electron chi connectivity index (χ4n) is 2.12. The molecule has 0 amide bonds. The molecule has 1 heteroatoms. The largest absolute Gasteiger partial charge is 0.299 e. The van der Waals surface area contributed by atoms with Crippen LogP contribution in [-0.4, -0.2) is 18.0 Å². The fraction of sp³-hybridized carbons (Fsp3) is 0.500. The molecule has 0 aliphatic carbocycles. The SMILES string of the molecule is Cc1ccc(CN2CC[CH]CC2)cc1C. The molecule has 1 saturated heterocycles. The maximum absolute atomic E-state index is 2.55. The van der Waals surface area contributed by atoms with Crippen LogP contribution in [0, 0.1) is 20.3 Å². The van der Waals surface area contributed by atoms with E-state index in [2.05, 4.69) is 43.4 Å². The molecule has 2 rings (SSSR count). The van der Waals surface area contributed by atoms with E-state index in [0.717, 1.165) is 6.54 Å². The second-order valence-corrected chi connectivity index (χ2v) is 4.56. The van der Waals surface area contributed by atoms with Crippen LogP contribution in [0.3, 0.4) is 0 Å². The highest BCUT2D eigenvalue weighted by molar-refractivity contribution is 5.29. The van der Waals surface area contributed by atoms with Gasteiger partial charge < -0.3 is 0 Å². The van der Waals surface area contributed by atoms with Crippen molar-refractivity contribution in [2.24, 2.45) is 0 Å². The van der Waals surface area contributed by atoms with Gasteiger partial charge in [-0.1, -0.05) is 18.2 Å². The van der Waals surface area contributed by atoms with Gasteiger partial charge in [0.25, 0.3) is 0 Å². The predicted molar refractivity (Wildman–Crippen MR) is 64.7 cm³/mol. The summed E-state index contributed by atoms with van der Waals surface area (Å²) in [6.45, 7) is 7.95. The molecule has 0 aromatic heterocycles. The van der Waals surface area contributed by atoms with Gasteiger partial charge >= 0.3 is 0 Å². The fourth-order valence-corrected chi connectivity index (χ4v) is 2.12. The molecule has 1 heterocycles. The summed E-state index contributed by atoms with van der Waals surface area (Å²) in [6.07, 6.45) is 4.91. The zero-order valence-corrected chi connectivity index (χ0v) is 9.79. The average molecular weight is 202 g/mol. The molecule has 1 fully saturated rings. The van der Waals surface area contributed by atoms with Gasteiger partial charge in [-0.15, -0.1) is 0 Å². The molecule has 0 spiro atoms. The van der Waals surface area contributed by atoms with Crippen molar-refractivity contribution in [2.45, 2.75) is 33.2 Å². The minimum Gasteiger partial charge on any atom is -0.299 e. The Labute approximate surface area is 93.1 Å². The lowest BCUT2D eigenvalue weighted by Crippen LogP contribution is -2.29. The first-order valence-corrected chi connectivity index (χ1v) is 5.86. The van der Waals surface area contributed by atoms with Gasteiger partial charge in [-0.05, 0) is 62.9 Å². The molecule has 15 heavy (non-hydrogen) atoms.